The smallest absolute Gasteiger partial charge is 0.163 e. The van der Waals surface area contributed by atoms with Gasteiger partial charge in [-0.15, -0.1) is 0 Å². The molecule has 3 heterocycles. The normalized spacial score (nSPS) is 47.9. The topological polar surface area (TPSA) is 40.2 Å². The molecule has 12 unspecified atom stereocenters. The van der Waals surface area contributed by atoms with E-state index in [1.807, 2.05) is 13.8 Å². The Balaban J connectivity index is 0.000000108. The van der Waals surface area contributed by atoms with Crippen molar-refractivity contribution in [2.24, 2.45) is 47.3 Å². The summed E-state index contributed by atoms with van der Waals surface area (Å²) in [5.74, 6) is 7.55. The summed E-state index contributed by atoms with van der Waals surface area (Å²) in [4.78, 5) is 0. The molecule has 0 bridgehead atoms. The Morgan fingerprint density at radius 1 is 0.450 bits per heavy atom. The van der Waals surface area contributed by atoms with Crippen molar-refractivity contribution in [3.8, 4) is 0 Å². The maximum absolute atomic E-state index is 5.80. The monoisotopic (exact) mass is 560 g/mol. The largest absolute Gasteiger partial charge is 0.381 e. The molecule has 0 aromatic heterocycles. The Bertz CT molecular complexity index is 738. The molecule has 4 nitrogen and oxygen atoms in total. The minimum atomic E-state index is -0.334. The van der Waals surface area contributed by atoms with Crippen LogP contribution in [0.1, 0.15) is 138 Å². The average molecular weight is 561 g/mol. The Hall–Kier alpha value is -0.160. The van der Waals surface area contributed by atoms with Crippen molar-refractivity contribution in [3.63, 3.8) is 0 Å². The van der Waals surface area contributed by atoms with Crippen LogP contribution in [0.5, 0.6) is 0 Å². The van der Waals surface area contributed by atoms with Crippen LogP contribution in [-0.2, 0) is 18.9 Å². The Labute approximate surface area is 247 Å². The van der Waals surface area contributed by atoms with Crippen LogP contribution in [0.15, 0.2) is 0 Å². The third-order valence-electron chi connectivity index (χ3n) is 11.7. The van der Waals surface area contributed by atoms with Gasteiger partial charge >= 0.3 is 0 Å². The zero-order chi connectivity index (χ0) is 28.3. The standard InChI is InChI=1S/C10H18O2.C10H18.C9H16O.C7H12O/c1-7-4-5-8-9(6-7)12-10(2,3)11-8;1-8-5-6-9-3-2-4-10(9)7-8;1-7-2-3-8-5-10-6-9(8)4-7;1-5-2-3-6-7(4-5)8-6/h7-9H,4-6H2,1-3H3;8-10H,2-7H2,1H3;7-9H,2-6H2,1H3;5-7H,2-4H2,1H3. The molecule has 0 radical (unpaired) electrons. The van der Waals surface area contributed by atoms with Gasteiger partial charge in [-0.05, 0) is 125 Å². The van der Waals surface area contributed by atoms with Crippen LogP contribution in [-0.4, -0.2) is 43.4 Å². The first-order valence-corrected chi connectivity index (χ1v) is 17.7. The first-order chi connectivity index (χ1) is 19.1. The maximum atomic E-state index is 5.80. The molecule has 0 aromatic carbocycles. The molecular formula is C36H64O4. The van der Waals surface area contributed by atoms with Gasteiger partial charge in [0.05, 0.1) is 24.4 Å². The van der Waals surface area contributed by atoms with Gasteiger partial charge in [0.1, 0.15) is 0 Å². The lowest BCUT2D eigenvalue weighted by molar-refractivity contribution is -0.145. The number of ether oxygens (including phenoxy) is 4. The summed E-state index contributed by atoms with van der Waals surface area (Å²) in [5.41, 5.74) is 0. The molecule has 3 saturated heterocycles. The summed E-state index contributed by atoms with van der Waals surface area (Å²) in [6, 6.07) is 0. The summed E-state index contributed by atoms with van der Waals surface area (Å²) in [6.07, 6.45) is 23.3. The molecule has 3 aliphatic heterocycles. The van der Waals surface area contributed by atoms with E-state index in [0.29, 0.717) is 24.4 Å². The summed E-state index contributed by atoms with van der Waals surface area (Å²) in [5, 5.41) is 0. The zero-order valence-electron chi connectivity index (χ0n) is 27.1. The fraction of sp³-hybridized carbons (Fsp3) is 1.00. The van der Waals surface area contributed by atoms with Crippen LogP contribution in [0, 0.1) is 47.3 Å². The van der Waals surface area contributed by atoms with E-state index in [0.717, 1.165) is 60.6 Å². The van der Waals surface area contributed by atoms with Gasteiger partial charge < -0.3 is 18.9 Å². The van der Waals surface area contributed by atoms with E-state index in [4.69, 9.17) is 18.9 Å². The van der Waals surface area contributed by atoms with Crippen LogP contribution in [0.2, 0.25) is 0 Å². The van der Waals surface area contributed by atoms with Crippen molar-refractivity contribution in [2.45, 2.75) is 168 Å². The zero-order valence-corrected chi connectivity index (χ0v) is 27.1. The minimum Gasteiger partial charge on any atom is -0.381 e. The SMILES string of the molecule is CC1CCC2CCCC2C1.CC1CCC2COCC2C1.CC1CCC2OC(C)(C)OC2C1.CC1CCC2OC2C1. The summed E-state index contributed by atoms with van der Waals surface area (Å²) in [7, 11) is 0. The molecule has 40 heavy (non-hydrogen) atoms. The van der Waals surface area contributed by atoms with Crippen molar-refractivity contribution in [1.82, 2.24) is 0 Å². The van der Waals surface area contributed by atoms with Crippen LogP contribution in [0.3, 0.4) is 0 Å². The van der Waals surface area contributed by atoms with Gasteiger partial charge in [-0.25, -0.2) is 0 Å². The van der Waals surface area contributed by atoms with Crippen LogP contribution >= 0.6 is 0 Å². The number of fused-ring (bicyclic) bond motifs is 4. The number of epoxide rings is 1. The summed E-state index contributed by atoms with van der Waals surface area (Å²) < 4.78 is 22.4. The predicted molar refractivity (Wildman–Crippen MR) is 163 cm³/mol. The van der Waals surface area contributed by atoms with Crippen LogP contribution < -0.4 is 0 Å². The van der Waals surface area contributed by atoms with E-state index in [1.165, 1.54) is 70.6 Å². The second-order valence-electron chi connectivity index (χ2n) is 16.1. The molecular weight excluding hydrogens is 496 g/mol. The van der Waals surface area contributed by atoms with Gasteiger partial charge in [0.2, 0.25) is 0 Å². The van der Waals surface area contributed by atoms with Crippen LogP contribution in [0.25, 0.3) is 0 Å². The van der Waals surface area contributed by atoms with Gasteiger partial charge in [-0.3, -0.25) is 0 Å². The first-order valence-electron chi connectivity index (χ1n) is 17.7. The van der Waals surface area contributed by atoms with Crippen molar-refractivity contribution in [3.05, 3.63) is 0 Å². The molecule has 8 rings (SSSR count). The van der Waals surface area contributed by atoms with E-state index < -0.39 is 0 Å². The van der Waals surface area contributed by atoms with Gasteiger partial charge in [0.15, 0.2) is 5.79 Å². The first kappa shape index (κ1) is 31.3. The van der Waals surface area contributed by atoms with E-state index >= 15 is 0 Å². The highest BCUT2D eigenvalue weighted by molar-refractivity contribution is 4.90. The van der Waals surface area contributed by atoms with Gasteiger partial charge in [-0.1, -0.05) is 59.8 Å². The van der Waals surface area contributed by atoms with E-state index in [-0.39, 0.29) is 5.79 Å². The second kappa shape index (κ2) is 14.1. The molecule has 5 aliphatic carbocycles. The molecule has 0 spiro atoms. The van der Waals surface area contributed by atoms with E-state index in [9.17, 15) is 0 Å². The maximum Gasteiger partial charge on any atom is 0.163 e. The Kier molecular flexibility index (Phi) is 11.0. The number of hydrogen-bond donors (Lipinski definition) is 0. The Morgan fingerprint density at radius 2 is 0.975 bits per heavy atom. The summed E-state index contributed by atoms with van der Waals surface area (Å²) >= 11 is 0. The minimum absolute atomic E-state index is 0.334. The number of hydrogen-bond acceptors (Lipinski definition) is 4. The van der Waals surface area contributed by atoms with Crippen molar-refractivity contribution in [2.75, 3.05) is 13.2 Å². The highest BCUT2D eigenvalue weighted by atomic mass is 16.7. The molecule has 0 aromatic rings. The van der Waals surface area contributed by atoms with Gasteiger partial charge in [0.25, 0.3) is 0 Å². The lowest BCUT2D eigenvalue weighted by Crippen LogP contribution is -2.29. The Morgan fingerprint density at radius 3 is 1.68 bits per heavy atom. The van der Waals surface area contributed by atoms with Crippen molar-refractivity contribution < 1.29 is 18.9 Å². The van der Waals surface area contributed by atoms with Crippen molar-refractivity contribution in [1.29, 1.82) is 0 Å². The fourth-order valence-corrected chi connectivity index (χ4v) is 9.21. The fourth-order valence-electron chi connectivity index (χ4n) is 9.21. The lowest BCUT2D eigenvalue weighted by Gasteiger charge is -2.29. The third-order valence-corrected chi connectivity index (χ3v) is 11.7. The molecule has 8 aliphatic rings. The molecule has 0 N–H and O–H groups in total. The summed E-state index contributed by atoms with van der Waals surface area (Å²) in [6.45, 7) is 15.5. The lowest BCUT2D eigenvalue weighted by atomic mass is 9.77. The van der Waals surface area contributed by atoms with E-state index in [2.05, 4.69) is 27.7 Å². The molecule has 4 heteroatoms. The molecule has 232 valence electrons. The molecule has 0 amide bonds. The van der Waals surface area contributed by atoms with Gasteiger partial charge in [0, 0.05) is 13.2 Å². The number of rotatable bonds is 0. The van der Waals surface area contributed by atoms with Crippen molar-refractivity contribution >= 4 is 0 Å². The average Bonchev–Trinajstić information content (AvgIpc) is 3.19. The predicted octanol–water partition coefficient (Wildman–Crippen LogP) is 9.19. The van der Waals surface area contributed by atoms with E-state index in [1.54, 1.807) is 25.7 Å². The molecule has 5 saturated carbocycles. The second-order valence-corrected chi connectivity index (χ2v) is 16.1. The third kappa shape index (κ3) is 8.93. The quantitative estimate of drug-likeness (QED) is 0.277. The highest BCUT2D eigenvalue weighted by Crippen LogP contribution is 2.44. The van der Waals surface area contributed by atoms with Gasteiger partial charge in [-0.2, -0.15) is 0 Å². The van der Waals surface area contributed by atoms with Crippen LogP contribution in [0.4, 0.5) is 0 Å². The molecule has 8 fully saturated rings. The highest BCUT2D eigenvalue weighted by Gasteiger charge is 2.44. The molecule has 12 atom stereocenters.